The molecule has 0 saturated carbocycles. The Hall–Kier alpha value is -4.31. The number of rotatable bonds is 7. The Morgan fingerprint density at radius 3 is 2.47 bits per heavy atom. The minimum Gasteiger partial charge on any atom is -0.507 e. The minimum atomic E-state index is -0.388. The van der Waals surface area contributed by atoms with Gasteiger partial charge in [0.25, 0.3) is 11.8 Å². The second-order valence-electron chi connectivity index (χ2n) is 8.39. The fourth-order valence-corrected chi connectivity index (χ4v) is 4.04. The zero-order valence-corrected chi connectivity index (χ0v) is 19.7. The van der Waals surface area contributed by atoms with Gasteiger partial charge in [-0.05, 0) is 55.8 Å². The summed E-state index contributed by atoms with van der Waals surface area (Å²) in [5, 5.41) is 19.3. The lowest BCUT2D eigenvalue weighted by atomic mass is 10.00. The molecule has 2 amide bonds. The summed E-state index contributed by atoms with van der Waals surface area (Å²) < 4.78 is 5.13. The van der Waals surface area contributed by atoms with Crippen LogP contribution < -0.4 is 20.7 Å². The number of ketones is 1. The van der Waals surface area contributed by atoms with Gasteiger partial charge in [0.1, 0.15) is 23.5 Å². The Balaban J connectivity index is 1.45. The quantitative estimate of drug-likeness (QED) is 0.368. The highest BCUT2D eigenvalue weighted by atomic mass is 16.5. The number of nitrogens with one attached hydrogen (secondary N) is 3. The summed E-state index contributed by atoms with van der Waals surface area (Å²) in [6.45, 7) is 1.28. The van der Waals surface area contributed by atoms with Crippen LogP contribution in [0.4, 0.5) is 0 Å². The predicted octanol–water partition coefficient (Wildman–Crippen LogP) is 1.70. The summed E-state index contributed by atoms with van der Waals surface area (Å²) in [5.74, 6) is -0.743. The molecule has 0 aliphatic carbocycles. The van der Waals surface area contributed by atoms with Crippen molar-refractivity contribution in [2.75, 3.05) is 20.2 Å². The fraction of sp³-hybridized carbons (Fsp3) is 0.269. The number of amides is 2. The summed E-state index contributed by atoms with van der Waals surface area (Å²) in [6.07, 6.45) is 4.32. The maximum atomic E-state index is 13.0. The Bertz CT molecular complexity index is 1230. The minimum absolute atomic E-state index is 0.111. The molecule has 2 aromatic carbocycles. The molecule has 0 unspecified atom stereocenters. The summed E-state index contributed by atoms with van der Waals surface area (Å²) in [7, 11) is 1.48. The largest absolute Gasteiger partial charge is 0.507 e. The van der Waals surface area contributed by atoms with Gasteiger partial charge < -0.3 is 25.8 Å². The molecule has 1 aliphatic rings. The first-order valence-corrected chi connectivity index (χ1v) is 11.6. The Kier molecular flexibility index (Phi) is 7.86. The number of aromatic nitrogens is 2. The Morgan fingerprint density at radius 1 is 1.00 bits per heavy atom. The smallest absolute Gasteiger partial charge is 0.270 e. The van der Waals surface area contributed by atoms with Crippen LogP contribution in [-0.2, 0) is 0 Å². The maximum Gasteiger partial charge on any atom is 0.270 e. The highest BCUT2D eigenvalue weighted by Crippen LogP contribution is 2.25. The van der Waals surface area contributed by atoms with Gasteiger partial charge in [0.15, 0.2) is 5.78 Å². The average molecular weight is 490 g/mol. The van der Waals surface area contributed by atoms with E-state index in [1.165, 1.54) is 37.8 Å². The lowest BCUT2D eigenvalue weighted by molar-refractivity contribution is 0.0880. The van der Waals surface area contributed by atoms with Crippen molar-refractivity contribution in [3.05, 3.63) is 83.4 Å². The van der Waals surface area contributed by atoms with E-state index in [4.69, 9.17) is 4.74 Å². The van der Waals surface area contributed by atoms with E-state index in [-0.39, 0.29) is 46.7 Å². The van der Waals surface area contributed by atoms with Gasteiger partial charge in [-0.25, -0.2) is 9.97 Å². The predicted molar refractivity (Wildman–Crippen MR) is 131 cm³/mol. The number of benzene rings is 2. The third-order valence-electron chi connectivity index (χ3n) is 6.02. The lowest BCUT2D eigenvalue weighted by Gasteiger charge is -2.27. The first-order valence-electron chi connectivity index (χ1n) is 11.6. The van der Waals surface area contributed by atoms with Crippen LogP contribution in [0.3, 0.4) is 0 Å². The molecule has 0 spiro atoms. The number of phenols is 1. The number of nitrogens with zero attached hydrogens (tertiary/aromatic N) is 2. The molecule has 3 aromatic rings. The van der Waals surface area contributed by atoms with Crippen LogP contribution in [-0.4, -0.2) is 65.0 Å². The number of aromatic hydroxyl groups is 1. The first-order chi connectivity index (χ1) is 17.5. The molecule has 10 nitrogen and oxygen atoms in total. The lowest BCUT2D eigenvalue weighted by Crippen LogP contribution is -2.54. The van der Waals surface area contributed by atoms with Crippen molar-refractivity contribution in [2.45, 2.75) is 24.9 Å². The molecular formula is C26H27N5O5. The van der Waals surface area contributed by atoms with Crippen molar-refractivity contribution in [1.82, 2.24) is 25.9 Å². The normalized spacial score (nSPS) is 17.5. The molecule has 186 valence electrons. The number of hydrogen-bond acceptors (Lipinski definition) is 8. The summed E-state index contributed by atoms with van der Waals surface area (Å²) >= 11 is 0. The molecule has 36 heavy (non-hydrogen) atoms. The van der Waals surface area contributed by atoms with Gasteiger partial charge in [-0.2, -0.15) is 0 Å². The molecule has 4 rings (SSSR count). The zero-order valence-electron chi connectivity index (χ0n) is 19.7. The van der Waals surface area contributed by atoms with Gasteiger partial charge in [0, 0.05) is 23.9 Å². The topological polar surface area (TPSA) is 143 Å². The summed E-state index contributed by atoms with van der Waals surface area (Å²) in [4.78, 5) is 46.3. The molecule has 2 atom stereocenters. The molecule has 0 bridgehead atoms. The molecular weight excluding hydrogens is 462 g/mol. The highest BCUT2D eigenvalue weighted by Gasteiger charge is 2.27. The number of ether oxygens (including phenoxy) is 1. The highest BCUT2D eigenvalue weighted by molar-refractivity contribution is 6.11. The van der Waals surface area contributed by atoms with Crippen LogP contribution in [0.15, 0.2) is 61.1 Å². The maximum absolute atomic E-state index is 13.0. The fourth-order valence-electron chi connectivity index (χ4n) is 4.04. The van der Waals surface area contributed by atoms with Gasteiger partial charge in [0.05, 0.1) is 24.8 Å². The van der Waals surface area contributed by atoms with Crippen molar-refractivity contribution in [3.8, 4) is 11.5 Å². The number of carbonyl (C=O) groups is 3. The second kappa shape index (κ2) is 11.4. The van der Waals surface area contributed by atoms with Crippen LogP contribution in [0.25, 0.3) is 0 Å². The summed E-state index contributed by atoms with van der Waals surface area (Å²) in [5.41, 5.74) is 1.06. The molecule has 1 aromatic heterocycles. The molecule has 1 saturated heterocycles. The molecule has 0 radical (unpaired) electrons. The van der Waals surface area contributed by atoms with Crippen molar-refractivity contribution in [3.63, 3.8) is 0 Å². The molecule has 1 fully saturated rings. The third kappa shape index (κ3) is 5.84. The van der Waals surface area contributed by atoms with E-state index in [0.29, 0.717) is 29.8 Å². The molecule has 4 N–H and O–H groups in total. The van der Waals surface area contributed by atoms with E-state index < -0.39 is 0 Å². The second-order valence-corrected chi connectivity index (χ2v) is 8.39. The van der Waals surface area contributed by atoms with Crippen molar-refractivity contribution in [2.24, 2.45) is 0 Å². The van der Waals surface area contributed by atoms with E-state index in [2.05, 4.69) is 25.9 Å². The van der Waals surface area contributed by atoms with Crippen LogP contribution in [0.5, 0.6) is 11.5 Å². The van der Waals surface area contributed by atoms with Gasteiger partial charge >= 0.3 is 0 Å². The van der Waals surface area contributed by atoms with E-state index >= 15 is 0 Å². The zero-order chi connectivity index (χ0) is 25.5. The van der Waals surface area contributed by atoms with E-state index in [0.717, 1.165) is 13.0 Å². The Morgan fingerprint density at radius 2 is 1.75 bits per heavy atom. The Labute approximate surface area is 208 Å². The van der Waals surface area contributed by atoms with E-state index in [1.54, 1.807) is 30.3 Å². The van der Waals surface area contributed by atoms with Gasteiger partial charge in [-0.3, -0.25) is 14.4 Å². The SMILES string of the molecule is COc1ccc(O)c(C(=O)c2ccc(C(=O)N[C@@H]3CCCNC[C@H]3NC(=O)c3ccncn3)cc2)c1. The number of methoxy groups -OCH3 is 1. The van der Waals surface area contributed by atoms with Crippen LogP contribution in [0.1, 0.15) is 49.6 Å². The standard InChI is InChI=1S/C26H27N5O5/c1-36-18-8-9-23(32)19(13-18)24(33)16-4-6-17(7-5-16)25(34)30-20-3-2-11-27-14-22(20)31-26(35)21-10-12-28-15-29-21/h4-10,12-13,15,20,22,27,32H,2-3,11,14H2,1H3,(H,30,34)(H,31,35)/t20-,22-/m1/s1. The van der Waals surface area contributed by atoms with Crippen LogP contribution in [0, 0.1) is 0 Å². The van der Waals surface area contributed by atoms with Crippen molar-refractivity contribution in [1.29, 1.82) is 0 Å². The number of phenolic OH excluding ortho intramolecular Hbond substituents is 1. The van der Waals surface area contributed by atoms with E-state index in [1.807, 2.05) is 0 Å². The third-order valence-corrected chi connectivity index (χ3v) is 6.02. The van der Waals surface area contributed by atoms with Crippen LogP contribution >= 0.6 is 0 Å². The number of carbonyl (C=O) groups excluding carboxylic acids is 3. The van der Waals surface area contributed by atoms with Crippen molar-refractivity contribution < 1.29 is 24.2 Å². The number of hydrogen-bond donors (Lipinski definition) is 4. The molecule has 2 heterocycles. The average Bonchev–Trinajstić information content (AvgIpc) is 3.13. The molecule has 1 aliphatic heterocycles. The van der Waals surface area contributed by atoms with Crippen molar-refractivity contribution >= 4 is 17.6 Å². The van der Waals surface area contributed by atoms with E-state index in [9.17, 15) is 19.5 Å². The van der Waals surface area contributed by atoms with Crippen LogP contribution in [0.2, 0.25) is 0 Å². The van der Waals surface area contributed by atoms with Gasteiger partial charge in [-0.15, -0.1) is 0 Å². The molecule has 10 heteroatoms. The van der Waals surface area contributed by atoms with Gasteiger partial charge in [0.2, 0.25) is 0 Å². The first kappa shape index (κ1) is 24.8. The summed E-state index contributed by atoms with van der Waals surface area (Å²) in [6, 6.07) is 11.5. The van der Waals surface area contributed by atoms with Gasteiger partial charge in [-0.1, -0.05) is 12.1 Å². The monoisotopic (exact) mass is 489 g/mol.